The van der Waals surface area contributed by atoms with Gasteiger partial charge in [0.15, 0.2) is 16.7 Å². The van der Waals surface area contributed by atoms with Crippen molar-refractivity contribution < 1.29 is 23.8 Å². The highest BCUT2D eigenvalue weighted by Gasteiger charge is 2.33. The normalized spacial score (nSPS) is 17.2. The molecule has 0 aliphatic carbocycles. The molecule has 2 heterocycles. The molecular formula is C33H35N3O5S. The lowest BCUT2D eigenvalue weighted by Crippen LogP contribution is -2.35. The Morgan fingerprint density at radius 3 is 2.43 bits per heavy atom. The highest BCUT2D eigenvalue weighted by atomic mass is 32.2. The second-order valence-corrected chi connectivity index (χ2v) is 11.0. The van der Waals surface area contributed by atoms with Crippen LogP contribution in [0.25, 0.3) is 6.08 Å². The van der Waals surface area contributed by atoms with Gasteiger partial charge >= 0.3 is 0 Å². The summed E-state index contributed by atoms with van der Waals surface area (Å²) in [5.41, 5.74) is 3.24. The number of amidine groups is 1. The Morgan fingerprint density at radius 1 is 0.952 bits per heavy atom. The number of benzene rings is 3. The minimum Gasteiger partial charge on any atom is -0.493 e. The predicted molar refractivity (Wildman–Crippen MR) is 166 cm³/mol. The number of hydrogen-bond donors (Lipinski definition) is 0. The molecule has 0 N–H and O–H groups in total. The average Bonchev–Trinajstić information content (AvgIpc) is 3.32. The number of ether oxygens (including phenoxy) is 3. The first kappa shape index (κ1) is 29.4. The molecule has 2 aliphatic rings. The third kappa shape index (κ3) is 7.21. The number of aliphatic imine (C=N–C) groups is 1. The van der Waals surface area contributed by atoms with Crippen molar-refractivity contribution in [3.63, 3.8) is 0 Å². The third-order valence-corrected chi connectivity index (χ3v) is 8.12. The number of carbonyl (C=O) groups excluding carboxylic acids is 2. The molecule has 0 bridgehead atoms. The highest BCUT2D eigenvalue weighted by molar-refractivity contribution is 8.18. The Labute approximate surface area is 251 Å². The van der Waals surface area contributed by atoms with E-state index < -0.39 is 0 Å². The summed E-state index contributed by atoms with van der Waals surface area (Å²) in [7, 11) is 3.20. The van der Waals surface area contributed by atoms with Gasteiger partial charge in [0.2, 0.25) is 0 Å². The van der Waals surface area contributed by atoms with Crippen LogP contribution < -0.4 is 9.47 Å². The summed E-state index contributed by atoms with van der Waals surface area (Å²) in [6.45, 7) is 2.81. The lowest BCUT2D eigenvalue weighted by atomic mass is 10.1. The number of likely N-dealkylation sites (tertiary alicyclic amines) is 1. The van der Waals surface area contributed by atoms with E-state index in [9.17, 15) is 9.59 Å². The van der Waals surface area contributed by atoms with E-state index in [0.717, 1.165) is 42.7 Å². The van der Waals surface area contributed by atoms with Crippen molar-refractivity contribution in [2.45, 2.75) is 25.9 Å². The average molecular weight is 586 g/mol. The van der Waals surface area contributed by atoms with Gasteiger partial charge in [-0.3, -0.25) is 14.5 Å². The Hall–Kier alpha value is -4.08. The minimum atomic E-state index is -0.117. The van der Waals surface area contributed by atoms with Crippen LogP contribution in [0.15, 0.2) is 82.7 Å². The fourth-order valence-corrected chi connectivity index (χ4v) is 5.84. The van der Waals surface area contributed by atoms with Crippen molar-refractivity contribution in [1.29, 1.82) is 0 Å². The van der Waals surface area contributed by atoms with Gasteiger partial charge in [-0.25, -0.2) is 4.99 Å². The number of thioether (sulfide) groups is 1. The summed E-state index contributed by atoms with van der Waals surface area (Å²) < 4.78 is 16.9. The van der Waals surface area contributed by atoms with Crippen molar-refractivity contribution in [2.24, 2.45) is 4.99 Å². The second-order valence-electron chi connectivity index (χ2n) is 10.0. The molecule has 2 saturated heterocycles. The molecule has 2 fully saturated rings. The number of amides is 2. The number of carbonyl (C=O) groups is 2. The van der Waals surface area contributed by atoms with Crippen molar-refractivity contribution in [1.82, 2.24) is 9.80 Å². The zero-order valence-electron chi connectivity index (χ0n) is 24.0. The number of methoxy groups -OCH3 is 2. The van der Waals surface area contributed by atoms with Crippen LogP contribution in [0.3, 0.4) is 0 Å². The van der Waals surface area contributed by atoms with Gasteiger partial charge < -0.3 is 19.1 Å². The molecule has 8 nitrogen and oxygen atoms in total. The molecule has 0 spiro atoms. The van der Waals surface area contributed by atoms with Crippen molar-refractivity contribution in [2.75, 3.05) is 40.5 Å². The lowest BCUT2D eigenvalue weighted by molar-refractivity contribution is -0.122. The van der Waals surface area contributed by atoms with Crippen LogP contribution >= 0.6 is 11.8 Å². The van der Waals surface area contributed by atoms with Gasteiger partial charge in [-0.1, -0.05) is 36.4 Å². The summed E-state index contributed by atoms with van der Waals surface area (Å²) in [5.74, 6) is 1.12. The molecule has 2 aliphatic heterocycles. The van der Waals surface area contributed by atoms with Gasteiger partial charge in [0.05, 0.1) is 30.9 Å². The predicted octanol–water partition coefficient (Wildman–Crippen LogP) is 6.15. The van der Waals surface area contributed by atoms with Crippen molar-refractivity contribution in [3.05, 3.63) is 94.4 Å². The SMILES string of the molecule is COCCN1C(=O)/C(=C/c2ccc(OCc3ccc(C(=O)N4CCCCC4)cc3)c(OC)c2)SC1=Nc1ccccc1. The highest BCUT2D eigenvalue weighted by Crippen LogP contribution is 2.36. The fraction of sp³-hybridized carbons (Fsp3) is 0.303. The van der Waals surface area contributed by atoms with E-state index in [1.807, 2.05) is 83.8 Å². The molecule has 3 aromatic rings. The molecule has 0 saturated carbocycles. The van der Waals surface area contributed by atoms with E-state index in [1.54, 1.807) is 19.1 Å². The zero-order valence-corrected chi connectivity index (χ0v) is 24.8. The first-order valence-corrected chi connectivity index (χ1v) is 14.9. The van der Waals surface area contributed by atoms with Crippen LogP contribution in [-0.2, 0) is 16.1 Å². The number of piperidine rings is 1. The monoisotopic (exact) mass is 585 g/mol. The number of nitrogens with zero attached hydrogens (tertiary/aromatic N) is 3. The van der Waals surface area contributed by atoms with Gasteiger partial charge in [-0.2, -0.15) is 0 Å². The summed E-state index contributed by atoms with van der Waals surface area (Å²) in [4.78, 5) is 34.9. The Kier molecular flexibility index (Phi) is 9.94. The first-order chi connectivity index (χ1) is 20.6. The maximum atomic E-state index is 13.3. The number of para-hydroxylation sites is 1. The molecule has 5 rings (SSSR count). The number of hydrogen-bond acceptors (Lipinski definition) is 7. The first-order valence-electron chi connectivity index (χ1n) is 14.1. The van der Waals surface area contributed by atoms with Crippen LogP contribution in [0.2, 0.25) is 0 Å². The van der Waals surface area contributed by atoms with Crippen LogP contribution in [0, 0.1) is 0 Å². The molecule has 0 radical (unpaired) electrons. The van der Waals surface area contributed by atoms with Crippen LogP contribution in [0.4, 0.5) is 5.69 Å². The smallest absolute Gasteiger partial charge is 0.266 e. The Morgan fingerprint density at radius 2 is 1.71 bits per heavy atom. The van der Waals surface area contributed by atoms with E-state index >= 15 is 0 Å². The standard InChI is InChI=1S/C33H35N3O5S/c1-39-20-19-36-32(38)30(42-33(36)34-27-9-5-3-6-10-27)22-25-13-16-28(29(21-25)40-2)41-23-24-11-14-26(15-12-24)31(37)35-17-7-4-8-18-35/h3,5-6,9-16,21-22H,4,7-8,17-20,23H2,1-2H3/b30-22-,34-33?. The van der Waals surface area contributed by atoms with E-state index in [4.69, 9.17) is 19.2 Å². The third-order valence-electron chi connectivity index (χ3n) is 7.11. The minimum absolute atomic E-state index is 0.0905. The molecule has 2 amide bonds. The van der Waals surface area contributed by atoms with E-state index in [1.165, 1.54) is 18.2 Å². The topological polar surface area (TPSA) is 80.7 Å². The molecular weight excluding hydrogens is 550 g/mol. The summed E-state index contributed by atoms with van der Waals surface area (Å²) in [6.07, 6.45) is 5.17. The Balaban J connectivity index is 1.27. The van der Waals surface area contributed by atoms with E-state index in [0.29, 0.717) is 46.9 Å². The van der Waals surface area contributed by atoms with Gasteiger partial charge in [-0.15, -0.1) is 0 Å². The van der Waals surface area contributed by atoms with Crippen LogP contribution in [0.1, 0.15) is 40.7 Å². The summed E-state index contributed by atoms with van der Waals surface area (Å²) in [6, 6.07) is 22.7. The van der Waals surface area contributed by atoms with Crippen molar-refractivity contribution in [3.8, 4) is 11.5 Å². The second kappa shape index (κ2) is 14.2. The van der Waals surface area contributed by atoms with Gasteiger partial charge in [0, 0.05) is 25.8 Å². The molecule has 0 aromatic heterocycles. The molecule has 0 atom stereocenters. The van der Waals surface area contributed by atoms with Gasteiger partial charge in [0.25, 0.3) is 11.8 Å². The Bertz CT molecular complexity index is 1450. The van der Waals surface area contributed by atoms with Gasteiger partial charge in [-0.05, 0) is 84.6 Å². The van der Waals surface area contributed by atoms with Crippen LogP contribution in [0.5, 0.6) is 11.5 Å². The van der Waals surface area contributed by atoms with E-state index in [2.05, 4.69) is 0 Å². The van der Waals surface area contributed by atoms with Crippen LogP contribution in [-0.4, -0.2) is 67.2 Å². The molecule has 218 valence electrons. The molecule has 9 heteroatoms. The largest absolute Gasteiger partial charge is 0.493 e. The summed E-state index contributed by atoms with van der Waals surface area (Å²) in [5, 5.41) is 0.616. The fourth-order valence-electron chi connectivity index (χ4n) is 4.81. The van der Waals surface area contributed by atoms with Crippen molar-refractivity contribution >= 4 is 40.5 Å². The zero-order chi connectivity index (χ0) is 29.3. The molecule has 0 unspecified atom stereocenters. The number of rotatable bonds is 10. The summed E-state index contributed by atoms with van der Waals surface area (Å²) >= 11 is 1.34. The van der Waals surface area contributed by atoms with Gasteiger partial charge in [0.1, 0.15) is 6.61 Å². The molecule has 3 aromatic carbocycles. The molecule has 42 heavy (non-hydrogen) atoms. The lowest BCUT2D eigenvalue weighted by Gasteiger charge is -2.26. The maximum Gasteiger partial charge on any atom is 0.266 e. The quantitative estimate of drug-likeness (QED) is 0.266. The van der Waals surface area contributed by atoms with E-state index in [-0.39, 0.29) is 11.8 Å². The maximum absolute atomic E-state index is 13.3.